The van der Waals surface area contributed by atoms with Crippen LogP contribution in [0.4, 0.5) is 0 Å². The predicted molar refractivity (Wildman–Crippen MR) is 79.3 cm³/mol. The maximum Gasteiger partial charge on any atom is 0.293 e. The number of aryl methyl sites for hydroxylation is 1. The van der Waals surface area contributed by atoms with E-state index in [1.807, 2.05) is 22.9 Å². The Morgan fingerprint density at radius 1 is 1.19 bits per heavy atom. The lowest BCUT2D eigenvalue weighted by Gasteiger charge is -2.06. The Balaban J connectivity index is 1.98. The predicted octanol–water partition coefficient (Wildman–Crippen LogP) is 2.51. The minimum atomic E-state index is -0.611. The number of nitrogens with one attached hydrogen (secondary N) is 1. The van der Waals surface area contributed by atoms with Crippen LogP contribution in [-0.2, 0) is 6.54 Å². The maximum atomic E-state index is 11.5. The second-order valence-corrected chi connectivity index (χ2v) is 4.98. The Labute approximate surface area is 121 Å². The first-order valence-electron chi connectivity index (χ1n) is 6.63. The van der Waals surface area contributed by atoms with E-state index >= 15 is 0 Å². The zero-order chi connectivity index (χ0) is 14.8. The van der Waals surface area contributed by atoms with Gasteiger partial charge in [-0.2, -0.15) is 0 Å². The molecule has 0 unspecified atom stereocenters. The zero-order valence-electron chi connectivity index (χ0n) is 11.6. The van der Waals surface area contributed by atoms with Crippen molar-refractivity contribution in [3.05, 3.63) is 65.5 Å². The summed E-state index contributed by atoms with van der Waals surface area (Å²) in [6, 6.07) is 13.6. The normalized spacial score (nSPS) is 10.8. The lowest BCUT2D eigenvalue weighted by molar-refractivity contribution is 0.0701. The highest BCUT2D eigenvalue weighted by Gasteiger charge is 2.09. The van der Waals surface area contributed by atoms with Crippen LogP contribution in [0.2, 0.25) is 0 Å². The third kappa shape index (κ3) is 2.64. The minimum Gasteiger partial charge on any atom is -0.328 e. The number of aromatic nitrogens is 2. The number of hydrogen-bond donors (Lipinski definition) is 2. The molecule has 0 bridgehead atoms. The average Bonchev–Trinajstić information content (AvgIpc) is 2.91. The molecule has 5 nitrogen and oxygen atoms in total. The van der Waals surface area contributed by atoms with E-state index in [2.05, 4.69) is 36.2 Å². The lowest BCUT2D eigenvalue weighted by atomic mass is 10.1. The first-order chi connectivity index (χ1) is 10.2. The third-order valence-electron chi connectivity index (χ3n) is 3.42. The fourth-order valence-corrected chi connectivity index (χ4v) is 2.26. The van der Waals surface area contributed by atoms with Gasteiger partial charge in [0.1, 0.15) is 11.3 Å². The zero-order valence-corrected chi connectivity index (χ0v) is 11.6. The van der Waals surface area contributed by atoms with Gasteiger partial charge in [-0.05, 0) is 30.7 Å². The van der Waals surface area contributed by atoms with Crippen LogP contribution in [0.5, 0.6) is 0 Å². The van der Waals surface area contributed by atoms with Gasteiger partial charge < -0.3 is 4.57 Å². The van der Waals surface area contributed by atoms with Crippen molar-refractivity contribution < 1.29 is 10.0 Å². The molecule has 0 atom stereocenters. The van der Waals surface area contributed by atoms with Crippen molar-refractivity contribution >= 4 is 16.9 Å². The Morgan fingerprint density at radius 2 is 1.95 bits per heavy atom. The number of hydroxylamine groups is 1. The molecule has 0 saturated heterocycles. The molecule has 2 N–H and O–H groups in total. The van der Waals surface area contributed by atoms with Gasteiger partial charge in [-0.15, -0.1) is 0 Å². The fraction of sp³-hybridized carbons (Fsp3) is 0.125. The first kappa shape index (κ1) is 13.3. The van der Waals surface area contributed by atoms with Crippen LogP contribution in [0.1, 0.15) is 21.6 Å². The molecule has 21 heavy (non-hydrogen) atoms. The van der Waals surface area contributed by atoms with Gasteiger partial charge in [-0.3, -0.25) is 10.0 Å². The van der Waals surface area contributed by atoms with Crippen molar-refractivity contribution in [2.75, 3.05) is 0 Å². The van der Waals surface area contributed by atoms with Crippen LogP contribution in [0, 0.1) is 6.92 Å². The molecule has 5 heteroatoms. The molecule has 3 aromatic rings. The number of carbonyl (C=O) groups excluding carboxylic acids is 1. The van der Waals surface area contributed by atoms with Gasteiger partial charge in [0.25, 0.3) is 5.91 Å². The second kappa shape index (κ2) is 5.38. The molecular weight excluding hydrogens is 266 g/mol. The third-order valence-corrected chi connectivity index (χ3v) is 3.42. The van der Waals surface area contributed by atoms with Gasteiger partial charge >= 0.3 is 0 Å². The van der Waals surface area contributed by atoms with Gasteiger partial charge in [0.2, 0.25) is 0 Å². The fourth-order valence-electron chi connectivity index (χ4n) is 2.26. The Hall–Kier alpha value is -2.66. The largest absolute Gasteiger partial charge is 0.328 e. The summed E-state index contributed by atoms with van der Waals surface area (Å²) in [7, 11) is 0. The van der Waals surface area contributed by atoms with Crippen molar-refractivity contribution in [2.24, 2.45) is 0 Å². The maximum absolute atomic E-state index is 11.5. The number of nitrogens with zero attached hydrogens (tertiary/aromatic N) is 2. The van der Waals surface area contributed by atoms with Crippen LogP contribution in [0.15, 0.2) is 48.7 Å². The Morgan fingerprint density at radius 3 is 2.67 bits per heavy atom. The van der Waals surface area contributed by atoms with Crippen LogP contribution >= 0.6 is 0 Å². The number of carbonyl (C=O) groups is 1. The smallest absolute Gasteiger partial charge is 0.293 e. The van der Waals surface area contributed by atoms with Gasteiger partial charge in [0, 0.05) is 18.1 Å². The quantitative estimate of drug-likeness (QED) is 0.572. The molecule has 0 aliphatic carbocycles. The topological polar surface area (TPSA) is 67.2 Å². The SMILES string of the molecule is Cc1ccc(Cn2ccc3ccc(C(=O)NO)nc32)cc1. The van der Waals surface area contributed by atoms with E-state index < -0.39 is 5.91 Å². The Bertz CT molecular complexity index is 791. The summed E-state index contributed by atoms with van der Waals surface area (Å²) in [5.74, 6) is -0.611. The summed E-state index contributed by atoms with van der Waals surface area (Å²) >= 11 is 0. The van der Waals surface area contributed by atoms with Gasteiger partial charge in [-0.1, -0.05) is 29.8 Å². The average molecular weight is 281 g/mol. The molecule has 0 spiro atoms. The molecular formula is C16H15N3O2. The minimum absolute atomic E-state index is 0.189. The molecule has 2 aromatic heterocycles. The summed E-state index contributed by atoms with van der Waals surface area (Å²) in [5.41, 5.74) is 4.89. The summed E-state index contributed by atoms with van der Waals surface area (Å²) in [4.78, 5) is 15.8. The highest BCUT2D eigenvalue weighted by molar-refractivity contribution is 5.93. The molecule has 1 amide bonds. The molecule has 106 valence electrons. The Kier molecular flexibility index (Phi) is 3.41. The summed E-state index contributed by atoms with van der Waals surface area (Å²) in [6.07, 6.45) is 1.94. The summed E-state index contributed by atoms with van der Waals surface area (Å²) in [5, 5.41) is 9.65. The highest BCUT2D eigenvalue weighted by atomic mass is 16.5. The van der Waals surface area contributed by atoms with Crippen LogP contribution < -0.4 is 5.48 Å². The molecule has 0 fully saturated rings. The number of hydrogen-bond acceptors (Lipinski definition) is 3. The molecule has 1 aromatic carbocycles. The monoisotopic (exact) mass is 281 g/mol. The van der Waals surface area contributed by atoms with Crippen molar-refractivity contribution in [3.8, 4) is 0 Å². The van der Waals surface area contributed by atoms with E-state index in [0.717, 1.165) is 16.6 Å². The van der Waals surface area contributed by atoms with E-state index in [-0.39, 0.29) is 5.69 Å². The summed E-state index contributed by atoms with van der Waals surface area (Å²) in [6.45, 7) is 2.73. The molecule has 2 heterocycles. The second-order valence-electron chi connectivity index (χ2n) is 4.98. The standard InChI is InChI=1S/C16H15N3O2/c1-11-2-4-12(5-3-11)10-19-9-8-13-6-7-14(16(20)18-21)17-15(13)19/h2-9,21H,10H2,1H3,(H,18,20). The van der Waals surface area contributed by atoms with Gasteiger partial charge in [0.15, 0.2) is 0 Å². The van der Waals surface area contributed by atoms with Gasteiger partial charge in [-0.25, -0.2) is 10.5 Å². The summed E-state index contributed by atoms with van der Waals surface area (Å²) < 4.78 is 1.98. The van der Waals surface area contributed by atoms with Crippen molar-refractivity contribution in [2.45, 2.75) is 13.5 Å². The molecule has 3 rings (SSSR count). The lowest BCUT2D eigenvalue weighted by Crippen LogP contribution is -2.20. The van der Waals surface area contributed by atoms with Crippen molar-refractivity contribution in [3.63, 3.8) is 0 Å². The van der Waals surface area contributed by atoms with E-state index in [0.29, 0.717) is 6.54 Å². The van der Waals surface area contributed by atoms with Crippen LogP contribution in [-0.4, -0.2) is 20.7 Å². The molecule has 0 aliphatic heterocycles. The molecule has 0 saturated carbocycles. The van der Waals surface area contributed by atoms with Crippen molar-refractivity contribution in [1.82, 2.24) is 15.0 Å². The van der Waals surface area contributed by atoms with E-state index in [1.54, 1.807) is 11.5 Å². The number of amides is 1. The number of pyridine rings is 1. The van der Waals surface area contributed by atoms with Gasteiger partial charge in [0.05, 0.1) is 0 Å². The molecule has 0 radical (unpaired) electrons. The first-order valence-corrected chi connectivity index (χ1v) is 6.63. The van der Waals surface area contributed by atoms with Crippen LogP contribution in [0.25, 0.3) is 11.0 Å². The van der Waals surface area contributed by atoms with E-state index in [9.17, 15) is 4.79 Å². The van der Waals surface area contributed by atoms with Crippen molar-refractivity contribution in [1.29, 1.82) is 0 Å². The number of fused-ring (bicyclic) bond motifs is 1. The number of rotatable bonds is 3. The van der Waals surface area contributed by atoms with E-state index in [1.165, 1.54) is 5.56 Å². The molecule has 0 aliphatic rings. The van der Waals surface area contributed by atoms with Crippen LogP contribution in [0.3, 0.4) is 0 Å². The number of benzene rings is 1. The van der Waals surface area contributed by atoms with E-state index in [4.69, 9.17) is 5.21 Å². The highest BCUT2D eigenvalue weighted by Crippen LogP contribution is 2.16.